The van der Waals surface area contributed by atoms with Gasteiger partial charge in [0.15, 0.2) is 0 Å². The largest absolute Gasteiger partial charge is 1.00 e. The van der Waals surface area contributed by atoms with Crippen molar-refractivity contribution in [1.29, 1.82) is 0 Å². The van der Waals surface area contributed by atoms with E-state index in [0.29, 0.717) is 0 Å². The molecule has 0 unspecified atom stereocenters. The zero-order valence-corrected chi connectivity index (χ0v) is 20.1. The van der Waals surface area contributed by atoms with E-state index >= 15 is 0 Å². The first-order chi connectivity index (χ1) is 14.7. The SMILES string of the molecule is COc1ccc(-c2cc(-c3ccc(OC)cc3)[se+]c(-c3ccc(OC)cc3)c2)cc1.[Cl-]. The maximum Gasteiger partial charge on any atom is -1.00 e. The normalized spacial score (nSPS) is 10.2. The third-order valence-corrected chi connectivity index (χ3v) is 7.37. The van der Waals surface area contributed by atoms with Crippen LogP contribution >= 0.6 is 0 Å². The molecule has 0 aliphatic carbocycles. The number of benzene rings is 3. The minimum Gasteiger partial charge on any atom is -1.00 e. The number of methoxy groups -OCH3 is 3. The first kappa shape index (κ1) is 22.9. The van der Waals surface area contributed by atoms with Crippen molar-refractivity contribution in [3.05, 3.63) is 84.9 Å². The number of halogens is 1. The van der Waals surface area contributed by atoms with Crippen LogP contribution in [0, 0.1) is 0 Å². The summed E-state index contributed by atoms with van der Waals surface area (Å²) < 4.78 is 18.6. The Morgan fingerprint density at radius 3 is 1.10 bits per heavy atom. The van der Waals surface area contributed by atoms with E-state index in [1.165, 1.54) is 31.1 Å². The molecule has 3 nitrogen and oxygen atoms in total. The van der Waals surface area contributed by atoms with E-state index in [4.69, 9.17) is 14.2 Å². The van der Waals surface area contributed by atoms with Crippen LogP contribution in [-0.2, 0) is 0 Å². The molecule has 0 aliphatic rings. The molecule has 0 bridgehead atoms. The quantitative estimate of drug-likeness (QED) is 0.383. The molecular formula is C26H23ClO3Se. The number of rotatable bonds is 6. The van der Waals surface area contributed by atoms with Gasteiger partial charge in [-0.15, -0.1) is 0 Å². The molecule has 1 heterocycles. The number of ether oxygens (including phenoxy) is 3. The van der Waals surface area contributed by atoms with Crippen LogP contribution in [-0.4, -0.2) is 35.8 Å². The molecule has 31 heavy (non-hydrogen) atoms. The molecule has 1 aromatic heterocycles. The molecule has 0 N–H and O–H groups in total. The van der Waals surface area contributed by atoms with Crippen molar-refractivity contribution in [3.8, 4) is 48.4 Å². The summed E-state index contributed by atoms with van der Waals surface area (Å²) in [6.07, 6.45) is 0. The molecule has 0 fully saturated rings. The molecule has 5 heteroatoms. The fourth-order valence-electron chi connectivity index (χ4n) is 3.25. The fourth-order valence-corrected chi connectivity index (χ4v) is 5.59. The molecule has 0 saturated carbocycles. The predicted octanol–water partition coefficient (Wildman–Crippen LogP) is 3.06. The van der Waals surface area contributed by atoms with Gasteiger partial charge < -0.3 is 12.4 Å². The van der Waals surface area contributed by atoms with Gasteiger partial charge in [0.2, 0.25) is 0 Å². The van der Waals surface area contributed by atoms with Gasteiger partial charge in [-0.1, -0.05) is 0 Å². The second kappa shape index (κ2) is 10.5. The average molecular weight is 498 g/mol. The van der Waals surface area contributed by atoms with Crippen molar-refractivity contribution in [2.24, 2.45) is 0 Å². The molecule has 0 spiro atoms. The molecule has 0 saturated heterocycles. The zero-order valence-electron chi connectivity index (χ0n) is 17.6. The van der Waals surface area contributed by atoms with Crippen LogP contribution < -0.4 is 26.6 Å². The second-order valence-corrected chi connectivity index (χ2v) is 9.03. The Morgan fingerprint density at radius 1 is 0.452 bits per heavy atom. The van der Waals surface area contributed by atoms with Gasteiger partial charge in [-0.2, -0.15) is 0 Å². The Hall–Kier alpha value is -2.78. The first-order valence-corrected chi connectivity index (χ1v) is 11.3. The Balaban J connectivity index is 0.00000272. The summed E-state index contributed by atoms with van der Waals surface area (Å²) in [5.74, 6) is 2.60. The van der Waals surface area contributed by atoms with Gasteiger partial charge >= 0.3 is 183 Å². The van der Waals surface area contributed by atoms with Crippen molar-refractivity contribution in [2.75, 3.05) is 21.3 Å². The monoisotopic (exact) mass is 498 g/mol. The van der Waals surface area contributed by atoms with Crippen molar-refractivity contribution in [3.63, 3.8) is 0 Å². The molecular weight excluding hydrogens is 475 g/mol. The van der Waals surface area contributed by atoms with Crippen LogP contribution in [0.4, 0.5) is 0 Å². The minimum absolute atomic E-state index is 0. The van der Waals surface area contributed by atoms with Crippen molar-refractivity contribution in [2.45, 2.75) is 0 Å². The van der Waals surface area contributed by atoms with Crippen molar-refractivity contribution < 1.29 is 26.6 Å². The predicted molar refractivity (Wildman–Crippen MR) is 124 cm³/mol. The van der Waals surface area contributed by atoms with Gasteiger partial charge in [0.25, 0.3) is 0 Å². The fraction of sp³-hybridized carbons (Fsp3) is 0.115. The van der Waals surface area contributed by atoms with Gasteiger partial charge in [-0.25, -0.2) is 0 Å². The molecule has 4 rings (SSSR count). The summed E-state index contributed by atoms with van der Waals surface area (Å²) in [4.78, 5) is 0. The molecule has 0 atom stereocenters. The summed E-state index contributed by atoms with van der Waals surface area (Å²) in [5, 5.41) is 0. The average Bonchev–Trinajstić information content (AvgIpc) is 2.84. The van der Waals surface area contributed by atoms with E-state index in [2.05, 4.69) is 48.5 Å². The second-order valence-electron chi connectivity index (χ2n) is 6.76. The molecule has 158 valence electrons. The summed E-state index contributed by atoms with van der Waals surface area (Å²) in [6.45, 7) is 0. The summed E-state index contributed by atoms with van der Waals surface area (Å²) in [7, 11) is 5.08. The van der Waals surface area contributed by atoms with Crippen molar-refractivity contribution >= 4 is 14.5 Å². The number of hydrogen-bond donors (Lipinski definition) is 0. The van der Waals surface area contributed by atoms with Gasteiger partial charge in [-0.3, -0.25) is 0 Å². The van der Waals surface area contributed by atoms with Crippen LogP contribution in [0.5, 0.6) is 17.2 Å². The number of hydrogen-bond acceptors (Lipinski definition) is 3. The summed E-state index contributed by atoms with van der Waals surface area (Å²) >= 11 is 0.180. The zero-order chi connectivity index (χ0) is 20.9. The Morgan fingerprint density at radius 2 is 0.774 bits per heavy atom. The van der Waals surface area contributed by atoms with E-state index in [9.17, 15) is 0 Å². The van der Waals surface area contributed by atoms with Gasteiger partial charge in [-0.05, 0) is 0 Å². The Bertz CT molecular complexity index is 966. The topological polar surface area (TPSA) is 27.7 Å². The van der Waals surface area contributed by atoms with E-state index in [0.717, 1.165) is 17.2 Å². The van der Waals surface area contributed by atoms with E-state index < -0.39 is 0 Å². The third-order valence-electron chi connectivity index (χ3n) is 4.97. The van der Waals surface area contributed by atoms with Crippen LogP contribution in [0.3, 0.4) is 0 Å². The summed E-state index contributed by atoms with van der Waals surface area (Å²) in [5.41, 5.74) is 4.81. The van der Waals surface area contributed by atoms with Crippen molar-refractivity contribution in [1.82, 2.24) is 0 Å². The third kappa shape index (κ3) is 5.29. The summed E-state index contributed by atoms with van der Waals surface area (Å²) in [6, 6.07) is 29.4. The maximum atomic E-state index is 5.33. The van der Waals surface area contributed by atoms with Crippen LogP contribution in [0.2, 0.25) is 0 Å². The standard InChI is InChI=1S/C26H23O3Se.ClH/c1-27-22-10-4-18(5-11-22)21-16-25(19-6-12-23(28-2)13-7-19)30-26(17-21)20-8-14-24(29-3)15-9-20;/h4-17H,1-3H3;1H/q+1;/p-1. The van der Waals surface area contributed by atoms with Gasteiger partial charge in [0, 0.05) is 0 Å². The van der Waals surface area contributed by atoms with E-state index in [-0.39, 0.29) is 26.9 Å². The molecule has 0 radical (unpaired) electrons. The van der Waals surface area contributed by atoms with Crippen LogP contribution in [0.25, 0.3) is 31.1 Å². The van der Waals surface area contributed by atoms with E-state index in [1.807, 2.05) is 36.4 Å². The van der Waals surface area contributed by atoms with Crippen LogP contribution in [0.15, 0.2) is 84.9 Å². The smallest absolute Gasteiger partial charge is 1.00 e. The molecule has 3 aromatic carbocycles. The molecule has 0 aliphatic heterocycles. The van der Waals surface area contributed by atoms with E-state index in [1.54, 1.807) is 21.3 Å². The van der Waals surface area contributed by atoms with Crippen LogP contribution in [0.1, 0.15) is 0 Å². The molecule has 0 amide bonds. The maximum absolute atomic E-state index is 5.33. The first-order valence-electron chi connectivity index (χ1n) is 9.61. The minimum atomic E-state index is 0. The molecule has 4 aromatic rings. The van der Waals surface area contributed by atoms with Gasteiger partial charge in [0.05, 0.1) is 0 Å². The van der Waals surface area contributed by atoms with Gasteiger partial charge in [0.1, 0.15) is 0 Å². The Labute approximate surface area is 195 Å². The Kier molecular flexibility index (Phi) is 7.75.